The third-order valence-electron chi connectivity index (χ3n) is 3.56. The first kappa shape index (κ1) is 19.1. The summed E-state index contributed by atoms with van der Waals surface area (Å²) in [4.78, 5) is 0. The molecule has 0 spiro atoms. The first-order valence-electron chi connectivity index (χ1n) is 8.65. The number of benzene rings is 2. The zero-order valence-corrected chi connectivity index (χ0v) is 15.3. The summed E-state index contributed by atoms with van der Waals surface area (Å²) < 4.78 is 17.5. The Morgan fingerprint density at radius 1 is 0.667 bits per heavy atom. The average Bonchev–Trinajstić information content (AvgIpc) is 2.63. The van der Waals surface area contributed by atoms with Gasteiger partial charge >= 0.3 is 8.60 Å². The molecule has 0 bridgehead atoms. The summed E-state index contributed by atoms with van der Waals surface area (Å²) in [5, 5.41) is 0. The summed E-state index contributed by atoms with van der Waals surface area (Å²) in [6, 6.07) is 20.7. The SMILES string of the molecule is CCCCOP(OCCc1ccccc1)OCCc1ccccc1. The van der Waals surface area contributed by atoms with Crippen molar-refractivity contribution in [1.29, 1.82) is 0 Å². The molecular weight excluding hydrogens is 319 g/mol. The third kappa shape index (κ3) is 8.03. The second-order valence-corrected chi connectivity index (χ2v) is 6.77. The Hall–Kier alpha value is -1.25. The van der Waals surface area contributed by atoms with E-state index in [4.69, 9.17) is 13.6 Å². The molecule has 24 heavy (non-hydrogen) atoms. The van der Waals surface area contributed by atoms with Crippen LogP contribution in [0.4, 0.5) is 0 Å². The summed E-state index contributed by atoms with van der Waals surface area (Å²) in [7, 11) is -1.26. The van der Waals surface area contributed by atoms with E-state index in [2.05, 4.69) is 31.2 Å². The fourth-order valence-electron chi connectivity index (χ4n) is 2.16. The van der Waals surface area contributed by atoms with Crippen LogP contribution < -0.4 is 0 Å². The molecule has 0 aliphatic rings. The smallest absolute Gasteiger partial charge is 0.312 e. The van der Waals surface area contributed by atoms with Crippen LogP contribution in [-0.2, 0) is 26.4 Å². The van der Waals surface area contributed by atoms with Crippen molar-refractivity contribution in [3.63, 3.8) is 0 Å². The molecule has 0 saturated heterocycles. The summed E-state index contributed by atoms with van der Waals surface area (Å²) in [6.45, 7) is 4.08. The van der Waals surface area contributed by atoms with Gasteiger partial charge in [0, 0.05) is 0 Å². The molecular formula is C20H27O3P. The van der Waals surface area contributed by atoms with Gasteiger partial charge in [0.1, 0.15) is 0 Å². The summed E-state index contributed by atoms with van der Waals surface area (Å²) in [5.41, 5.74) is 2.54. The number of rotatable bonds is 12. The fourth-order valence-corrected chi connectivity index (χ4v) is 3.14. The van der Waals surface area contributed by atoms with E-state index in [0.717, 1.165) is 25.7 Å². The van der Waals surface area contributed by atoms with Crippen molar-refractivity contribution in [1.82, 2.24) is 0 Å². The monoisotopic (exact) mass is 346 g/mol. The van der Waals surface area contributed by atoms with Gasteiger partial charge in [-0.05, 0) is 30.4 Å². The van der Waals surface area contributed by atoms with E-state index in [-0.39, 0.29) is 0 Å². The first-order chi connectivity index (χ1) is 11.9. The van der Waals surface area contributed by atoms with Crippen molar-refractivity contribution < 1.29 is 13.6 Å². The molecule has 0 aliphatic heterocycles. The summed E-state index contributed by atoms with van der Waals surface area (Å²) >= 11 is 0. The lowest BCUT2D eigenvalue weighted by Crippen LogP contribution is -2.03. The molecule has 0 aliphatic carbocycles. The largest absolute Gasteiger partial charge is 0.332 e. The Labute approximate surface area is 147 Å². The molecule has 0 radical (unpaired) electrons. The van der Waals surface area contributed by atoms with Crippen LogP contribution in [0.25, 0.3) is 0 Å². The molecule has 0 saturated carbocycles. The molecule has 2 aromatic carbocycles. The highest BCUT2D eigenvalue weighted by molar-refractivity contribution is 7.41. The van der Waals surface area contributed by atoms with Crippen molar-refractivity contribution in [3.8, 4) is 0 Å². The van der Waals surface area contributed by atoms with Crippen molar-refractivity contribution in [3.05, 3.63) is 71.8 Å². The minimum Gasteiger partial charge on any atom is -0.312 e. The number of hydrogen-bond donors (Lipinski definition) is 0. The van der Waals surface area contributed by atoms with Gasteiger partial charge in [0.2, 0.25) is 0 Å². The van der Waals surface area contributed by atoms with Crippen LogP contribution in [0.5, 0.6) is 0 Å². The molecule has 2 rings (SSSR count). The van der Waals surface area contributed by atoms with Crippen LogP contribution in [-0.4, -0.2) is 19.8 Å². The van der Waals surface area contributed by atoms with Crippen LogP contribution in [0, 0.1) is 0 Å². The Bertz CT molecular complexity index is 488. The normalized spacial score (nSPS) is 11.1. The van der Waals surface area contributed by atoms with Crippen LogP contribution in [0.2, 0.25) is 0 Å². The minimum atomic E-state index is -1.26. The van der Waals surface area contributed by atoms with Crippen molar-refractivity contribution >= 4 is 8.60 Å². The van der Waals surface area contributed by atoms with E-state index >= 15 is 0 Å². The second kappa shape index (κ2) is 12.2. The fraction of sp³-hybridized carbons (Fsp3) is 0.400. The van der Waals surface area contributed by atoms with Crippen molar-refractivity contribution in [2.45, 2.75) is 32.6 Å². The van der Waals surface area contributed by atoms with Gasteiger partial charge in [0.15, 0.2) is 0 Å². The van der Waals surface area contributed by atoms with E-state index in [0.29, 0.717) is 19.8 Å². The molecule has 0 unspecified atom stereocenters. The molecule has 0 aromatic heterocycles. The van der Waals surface area contributed by atoms with Crippen LogP contribution in [0.1, 0.15) is 30.9 Å². The van der Waals surface area contributed by atoms with Gasteiger partial charge in [-0.2, -0.15) is 0 Å². The second-order valence-electron chi connectivity index (χ2n) is 5.55. The first-order valence-corrected chi connectivity index (χ1v) is 9.74. The van der Waals surface area contributed by atoms with Crippen molar-refractivity contribution in [2.75, 3.05) is 19.8 Å². The highest BCUT2D eigenvalue weighted by Gasteiger charge is 2.12. The molecule has 0 atom stereocenters. The van der Waals surface area contributed by atoms with Gasteiger partial charge in [0.25, 0.3) is 0 Å². The van der Waals surface area contributed by atoms with Crippen LogP contribution in [0.3, 0.4) is 0 Å². The molecule has 2 aromatic rings. The molecule has 3 nitrogen and oxygen atoms in total. The Morgan fingerprint density at radius 3 is 1.58 bits per heavy atom. The summed E-state index contributed by atoms with van der Waals surface area (Å²) in [5.74, 6) is 0. The average molecular weight is 346 g/mol. The van der Waals surface area contributed by atoms with Gasteiger partial charge in [-0.3, -0.25) is 0 Å². The van der Waals surface area contributed by atoms with Gasteiger partial charge in [-0.15, -0.1) is 0 Å². The maximum Gasteiger partial charge on any atom is 0.332 e. The van der Waals surface area contributed by atoms with Gasteiger partial charge in [-0.25, -0.2) is 0 Å². The molecule has 130 valence electrons. The van der Waals surface area contributed by atoms with Gasteiger partial charge < -0.3 is 13.6 Å². The van der Waals surface area contributed by atoms with E-state index in [1.54, 1.807) is 0 Å². The lowest BCUT2D eigenvalue weighted by molar-refractivity contribution is 0.160. The van der Waals surface area contributed by atoms with Crippen LogP contribution in [0.15, 0.2) is 60.7 Å². The van der Waals surface area contributed by atoms with Crippen molar-refractivity contribution in [2.24, 2.45) is 0 Å². The van der Waals surface area contributed by atoms with Gasteiger partial charge in [0.05, 0.1) is 19.8 Å². The van der Waals surface area contributed by atoms with E-state index in [1.165, 1.54) is 11.1 Å². The maximum atomic E-state index is 5.85. The highest BCUT2D eigenvalue weighted by Crippen LogP contribution is 2.40. The minimum absolute atomic E-state index is 0.618. The number of hydrogen-bond acceptors (Lipinski definition) is 3. The van der Waals surface area contributed by atoms with Gasteiger partial charge in [-0.1, -0.05) is 74.0 Å². The maximum absolute atomic E-state index is 5.85. The Kier molecular flexibility index (Phi) is 9.67. The Balaban J connectivity index is 1.71. The predicted octanol–water partition coefficient (Wildman–Crippen LogP) is 5.55. The quantitative estimate of drug-likeness (QED) is 0.372. The standard InChI is InChI=1S/C20H27O3P/c1-2-3-16-21-24(22-17-14-19-10-6-4-7-11-19)23-18-15-20-12-8-5-9-13-20/h4-13H,2-3,14-18H2,1H3. The van der Waals surface area contributed by atoms with Crippen LogP contribution >= 0.6 is 8.60 Å². The zero-order chi connectivity index (χ0) is 16.9. The third-order valence-corrected chi connectivity index (χ3v) is 4.74. The Morgan fingerprint density at radius 2 is 1.12 bits per heavy atom. The van der Waals surface area contributed by atoms with E-state index < -0.39 is 8.60 Å². The zero-order valence-electron chi connectivity index (χ0n) is 14.4. The van der Waals surface area contributed by atoms with E-state index in [1.807, 2.05) is 36.4 Å². The molecule has 4 heteroatoms. The number of unbranched alkanes of at least 4 members (excludes halogenated alkanes) is 1. The predicted molar refractivity (Wildman–Crippen MR) is 100.0 cm³/mol. The highest BCUT2D eigenvalue weighted by atomic mass is 31.2. The van der Waals surface area contributed by atoms with E-state index in [9.17, 15) is 0 Å². The molecule has 0 N–H and O–H groups in total. The lowest BCUT2D eigenvalue weighted by atomic mass is 10.2. The molecule has 0 heterocycles. The topological polar surface area (TPSA) is 27.7 Å². The summed E-state index contributed by atoms with van der Waals surface area (Å²) in [6.07, 6.45) is 3.89. The molecule has 0 amide bonds. The lowest BCUT2D eigenvalue weighted by Gasteiger charge is -2.17. The molecule has 0 fully saturated rings.